The van der Waals surface area contributed by atoms with E-state index in [0.29, 0.717) is 0 Å². The van der Waals surface area contributed by atoms with E-state index in [1.54, 1.807) is 0 Å². The van der Waals surface area contributed by atoms with Gasteiger partial charge in [-0.05, 0) is 54.0 Å². The van der Waals surface area contributed by atoms with Crippen molar-refractivity contribution < 1.29 is 4.58 Å². The first-order valence-corrected chi connectivity index (χ1v) is 10.0. The van der Waals surface area contributed by atoms with Crippen molar-refractivity contribution >= 4 is 44.2 Å². The average Bonchev–Trinajstić information content (AvgIpc) is 2.88. The van der Waals surface area contributed by atoms with E-state index >= 15 is 0 Å². The molecule has 3 aromatic rings. The molecule has 0 aliphatic carbocycles. The van der Waals surface area contributed by atoms with Crippen molar-refractivity contribution in [2.45, 2.75) is 18.8 Å². The molecule has 0 fully saturated rings. The summed E-state index contributed by atoms with van der Waals surface area (Å²) in [6, 6.07) is 21.5. The van der Waals surface area contributed by atoms with Crippen molar-refractivity contribution in [3.63, 3.8) is 0 Å². The highest BCUT2D eigenvalue weighted by molar-refractivity contribution is 9.10. The van der Waals surface area contributed by atoms with Crippen LogP contribution in [-0.2, 0) is 5.41 Å². The molecule has 27 heavy (non-hydrogen) atoms. The first-order chi connectivity index (χ1) is 13.0. The zero-order valence-corrected chi connectivity index (χ0v) is 17.3. The SMILES string of the molecule is C=CCC1(C)C(C=Cc2cccc(Br)c2)=[N+](C)c2ccc3ccccc3c21. The minimum atomic E-state index is -0.102. The lowest BCUT2D eigenvalue weighted by atomic mass is 9.74. The predicted molar refractivity (Wildman–Crippen MR) is 120 cm³/mol. The summed E-state index contributed by atoms with van der Waals surface area (Å²) >= 11 is 3.56. The molecule has 1 aliphatic heterocycles. The summed E-state index contributed by atoms with van der Waals surface area (Å²) in [7, 11) is 2.17. The van der Waals surface area contributed by atoms with Crippen LogP contribution in [0, 0.1) is 0 Å². The lowest BCUT2D eigenvalue weighted by molar-refractivity contribution is -0.401. The highest BCUT2D eigenvalue weighted by atomic mass is 79.9. The van der Waals surface area contributed by atoms with Crippen LogP contribution in [0.5, 0.6) is 0 Å². The van der Waals surface area contributed by atoms with Crippen molar-refractivity contribution in [1.29, 1.82) is 0 Å². The number of nitrogens with zero attached hydrogens (tertiary/aromatic N) is 1. The van der Waals surface area contributed by atoms with E-state index in [0.717, 1.165) is 10.9 Å². The van der Waals surface area contributed by atoms with Gasteiger partial charge >= 0.3 is 0 Å². The molecule has 1 aliphatic rings. The number of benzene rings is 3. The average molecular weight is 417 g/mol. The quantitative estimate of drug-likeness (QED) is 0.322. The van der Waals surface area contributed by atoms with Gasteiger partial charge in [0.05, 0.1) is 5.41 Å². The van der Waals surface area contributed by atoms with Crippen LogP contribution in [0.15, 0.2) is 83.9 Å². The fraction of sp³-hybridized carbons (Fsp3) is 0.160. The summed E-state index contributed by atoms with van der Waals surface area (Å²) in [4.78, 5) is 0. The minimum Gasteiger partial charge on any atom is -0.198 e. The highest BCUT2D eigenvalue weighted by Gasteiger charge is 2.46. The molecule has 0 spiro atoms. The van der Waals surface area contributed by atoms with Gasteiger partial charge in [-0.1, -0.05) is 58.4 Å². The second-order valence-electron chi connectivity index (χ2n) is 7.34. The van der Waals surface area contributed by atoms with Gasteiger partial charge in [-0.15, -0.1) is 6.58 Å². The van der Waals surface area contributed by atoms with E-state index in [9.17, 15) is 0 Å². The van der Waals surface area contributed by atoms with Crippen LogP contribution >= 0.6 is 15.9 Å². The second-order valence-corrected chi connectivity index (χ2v) is 8.25. The summed E-state index contributed by atoms with van der Waals surface area (Å²) in [5, 5.41) is 2.62. The van der Waals surface area contributed by atoms with Gasteiger partial charge in [0.2, 0.25) is 5.69 Å². The van der Waals surface area contributed by atoms with Gasteiger partial charge in [-0.2, -0.15) is 4.58 Å². The standard InChI is InChI=1S/C25H23BrN/c1-4-16-25(2)23(15-12-18-8-7-10-20(26)17-18)27(3)22-14-13-19-9-5-6-11-21(19)24(22)25/h4-15,17H,1,16H2,2-3H3/q+1. The molecular formula is C25H23BrN+. The van der Waals surface area contributed by atoms with Gasteiger partial charge in [0.15, 0.2) is 5.71 Å². The monoisotopic (exact) mass is 416 g/mol. The Bertz CT molecular complexity index is 1110. The van der Waals surface area contributed by atoms with Gasteiger partial charge in [0, 0.05) is 22.2 Å². The topological polar surface area (TPSA) is 3.01 Å². The maximum atomic E-state index is 4.05. The van der Waals surface area contributed by atoms with E-state index in [4.69, 9.17) is 0 Å². The maximum Gasteiger partial charge on any atom is 0.210 e. The highest BCUT2D eigenvalue weighted by Crippen LogP contribution is 2.46. The molecule has 0 bridgehead atoms. The Hall–Kier alpha value is -2.45. The van der Waals surface area contributed by atoms with Gasteiger partial charge in [0.25, 0.3) is 0 Å². The van der Waals surface area contributed by atoms with Crippen LogP contribution in [0.4, 0.5) is 5.69 Å². The number of fused-ring (bicyclic) bond motifs is 3. The van der Waals surface area contributed by atoms with Crippen LogP contribution in [-0.4, -0.2) is 17.3 Å². The van der Waals surface area contributed by atoms with E-state index in [1.165, 1.54) is 33.3 Å². The minimum absolute atomic E-state index is 0.102. The fourth-order valence-corrected chi connectivity index (χ4v) is 4.74. The van der Waals surface area contributed by atoms with Gasteiger partial charge in [-0.3, -0.25) is 0 Å². The van der Waals surface area contributed by atoms with Gasteiger partial charge < -0.3 is 0 Å². The van der Waals surface area contributed by atoms with Gasteiger partial charge in [-0.25, -0.2) is 0 Å². The molecule has 0 saturated carbocycles. The predicted octanol–water partition coefficient (Wildman–Crippen LogP) is 6.88. The van der Waals surface area contributed by atoms with Crippen molar-refractivity contribution in [3.8, 4) is 0 Å². The van der Waals surface area contributed by atoms with Crippen LogP contribution in [0.25, 0.3) is 16.8 Å². The lowest BCUT2D eigenvalue weighted by Gasteiger charge is -2.22. The Morgan fingerprint density at radius 1 is 1.04 bits per heavy atom. The first-order valence-electron chi connectivity index (χ1n) is 9.22. The number of allylic oxidation sites excluding steroid dienone is 2. The van der Waals surface area contributed by atoms with E-state index in [1.807, 2.05) is 6.08 Å². The fourth-order valence-electron chi connectivity index (χ4n) is 4.32. The molecule has 0 N–H and O–H groups in total. The number of halogens is 1. The number of hydrogen-bond acceptors (Lipinski definition) is 0. The molecule has 0 saturated heterocycles. The molecule has 1 atom stereocenters. The second kappa shape index (κ2) is 6.94. The Kier molecular flexibility index (Phi) is 4.61. The summed E-state index contributed by atoms with van der Waals surface area (Å²) in [6.07, 6.45) is 7.40. The third-order valence-electron chi connectivity index (χ3n) is 5.58. The Morgan fingerprint density at radius 3 is 2.63 bits per heavy atom. The molecule has 0 aromatic heterocycles. The Labute approximate surface area is 169 Å². The maximum absolute atomic E-state index is 4.05. The molecule has 1 nitrogen and oxygen atoms in total. The summed E-state index contributed by atoms with van der Waals surface area (Å²) < 4.78 is 3.43. The normalized spacial score (nSPS) is 19.1. The Morgan fingerprint density at radius 2 is 1.85 bits per heavy atom. The third-order valence-corrected chi connectivity index (χ3v) is 6.08. The molecule has 3 aromatic carbocycles. The Balaban J connectivity index is 1.89. The molecule has 134 valence electrons. The molecule has 2 heteroatoms. The van der Waals surface area contributed by atoms with Crippen LogP contribution < -0.4 is 0 Å². The van der Waals surface area contributed by atoms with E-state index in [2.05, 4.69) is 114 Å². The zero-order valence-electron chi connectivity index (χ0n) is 15.7. The summed E-state index contributed by atoms with van der Waals surface area (Å²) in [5.41, 5.74) is 5.07. The lowest BCUT2D eigenvalue weighted by Crippen LogP contribution is -2.30. The van der Waals surface area contributed by atoms with Crippen molar-refractivity contribution in [2.24, 2.45) is 0 Å². The molecule has 4 rings (SSSR count). The smallest absolute Gasteiger partial charge is 0.198 e. The zero-order chi connectivity index (χ0) is 19.0. The van der Waals surface area contributed by atoms with Crippen LogP contribution in [0.1, 0.15) is 24.5 Å². The largest absolute Gasteiger partial charge is 0.210 e. The van der Waals surface area contributed by atoms with Crippen molar-refractivity contribution in [2.75, 3.05) is 7.05 Å². The summed E-state index contributed by atoms with van der Waals surface area (Å²) in [5.74, 6) is 0. The number of hydrogen-bond donors (Lipinski definition) is 0. The number of rotatable bonds is 4. The van der Waals surface area contributed by atoms with E-state index < -0.39 is 0 Å². The van der Waals surface area contributed by atoms with Crippen molar-refractivity contribution in [1.82, 2.24) is 0 Å². The molecular weight excluding hydrogens is 394 g/mol. The molecule has 1 heterocycles. The molecule has 1 unspecified atom stereocenters. The van der Waals surface area contributed by atoms with Crippen LogP contribution in [0.3, 0.4) is 0 Å². The molecule has 0 amide bonds. The van der Waals surface area contributed by atoms with E-state index in [-0.39, 0.29) is 5.41 Å². The first kappa shape index (κ1) is 17.9. The van der Waals surface area contributed by atoms with Crippen molar-refractivity contribution in [3.05, 3.63) is 95.0 Å². The van der Waals surface area contributed by atoms with Gasteiger partial charge in [0.1, 0.15) is 7.05 Å². The third kappa shape index (κ3) is 2.98. The molecule has 0 radical (unpaired) electrons. The van der Waals surface area contributed by atoms with Crippen LogP contribution in [0.2, 0.25) is 0 Å². The summed E-state index contributed by atoms with van der Waals surface area (Å²) in [6.45, 7) is 6.39.